The average molecular weight is 321 g/mol. The van der Waals surface area contributed by atoms with Gasteiger partial charge in [-0.2, -0.15) is 0 Å². The van der Waals surface area contributed by atoms with E-state index in [0.717, 1.165) is 18.7 Å². The third kappa shape index (κ3) is 3.51. The van der Waals surface area contributed by atoms with Gasteiger partial charge in [-0.05, 0) is 36.1 Å². The van der Waals surface area contributed by atoms with Gasteiger partial charge in [0.05, 0.1) is 10.2 Å². The summed E-state index contributed by atoms with van der Waals surface area (Å²) in [6, 6.07) is 20.8. The van der Waals surface area contributed by atoms with E-state index in [2.05, 4.69) is 48.5 Å². The van der Waals surface area contributed by atoms with E-state index < -0.39 is 0 Å². The van der Waals surface area contributed by atoms with Crippen molar-refractivity contribution < 1.29 is 5.11 Å². The molecule has 116 valence electrons. The number of pyridine rings is 1. The van der Waals surface area contributed by atoms with Crippen LogP contribution in [0.5, 0.6) is 5.75 Å². The van der Waals surface area contributed by atoms with E-state index >= 15 is 0 Å². The Kier molecular flexibility index (Phi) is 4.58. The molecular weight excluding hydrogens is 302 g/mol. The van der Waals surface area contributed by atoms with Gasteiger partial charge in [0, 0.05) is 12.7 Å². The number of aryl methyl sites for hydroxylation is 2. The summed E-state index contributed by atoms with van der Waals surface area (Å²) in [6.45, 7) is 2.71. The first-order valence-electron chi connectivity index (χ1n) is 7.68. The second kappa shape index (κ2) is 6.80. The van der Waals surface area contributed by atoms with E-state index in [4.69, 9.17) is 12.2 Å². The van der Waals surface area contributed by atoms with Crippen LogP contribution in [0.15, 0.2) is 66.9 Å². The molecule has 0 aliphatic heterocycles. The number of rotatable bonds is 4. The molecule has 0 aliphatic carbocycles. The summed E-state index contributed by atoms with van der Waals surface area (Å²) in [5, 5.41) is 9.92. The normalized spacial score (nSPS) is 10.7. The highest BCUT2D eigenvalue weighted by molar-refractivity contribution is 7.71. The van der Waals surface area contributed by atoms with Gasteiger partial charge in [0.2, 0.25) is 0 Å². The van der Waals surface area contributed by atoms with Crippen LogP contribution < -0.4 is 0 Å². The van der Waals surface area contributed by atoms with Crippen LogP contribution >= 0.6 is 12.2 Å². The van der Waals surface area contributed by atoms with Gasteiger partial charge in [-0.25, -0.2) is 0 Å². The molecular formula is C20H19NOS. The van der Waals surface area contributed by atoms with Crippen molar-refractivity contribution in [3.63, 3.8) is 0 Å². The lowest BCUT2D eigenvalue weighted by Gasteiger charge is -2.12. The van der Waals surface area contributed by atoms with Crippen LogP contribution in [0.2, 0.25) is 0 Å². The summed E-state index contributed by atoms with van der Waals surface area (Å²) in [4.78, 5) is 0. The van der Waals surface area contributed by atoms with Crippen LogP contribution in [0.3, 0.4) is 0 Å². The SMILES string of the molecule is Cc1c(O)c(=S)ccn1CCc1ccc(-c2ccccc2)cc1. The fourth-order valence-electron chi connectivity index (χ4n) is 2.65. The topological polar surface area (TPSA) is 25.2 Å². The first kappa shape index (κ1) is 15.5. The summed E-state index contributed by atoms with van der Waals surface area (Å²) in [5.74, 6) is 0.210. The maximum Gasteiger partial charge on any atom is 0.152 e. The number of hydrogen-bond donors (Lipinski definition) is 1. The van der Waals surface area contributed by atoms with Crippen molar-refractivity contribution in [2.45, 2.75) is 19.9 Å². The molecule has 0 amide bonds. The van der Waals surface area contributed by atoms with Crippen LogP contribution in [0.1, 0.15) is 11.3 Å². The fraction of sp³-hybridized carbons (Fsp3) is 0.150. The van der Waals surface area contributed by atoms with Gasteiger partial charge in [-0.1, -0.05) is 66.8 Å². The minimum Gasteiger partial charge on any atom is -0.505 e. The standard InChI is InChI=1S/C20H19NOS/c1-15-20(22)19(23)12-14-21(15)13-11-16-7-9-18(10-8-16)17-5-3-2-4-6-17/h2-10,12,14,22H,11,13H2,1H3. The Bertz CT molecular complexity index is 851. The van der Waals surface area contributed by atoms with Crippen LogP contribution in [-0.2, 0) is 13.0 Å². The Morgan fingerprint density at radius 3 is 2.26 bits per heavy atom. The van der Waals surface area contributed by atoms with Gasteiger partial charge >= 0.3 is 0 Å². The Morgan fingerprint density at radius 2 is 1.57 bits per heavy atom. The molecule has 0 saturated heterocycles. The van der Waals surface area contributed by atoms with Crippen molar-refractivity contribution in [3.8, 4) is 16.9 Å². The lowest BCUT2D eigenvalue weighted by Crippen LogP contribution is -2.05. The van der Waals surface area contributed by atoms with Gasteiger partial charge in [0.15, 0.2) is 5.75 Å². The highest BCUT2D eigenvalue weighted by Gasteiger charge is 2.03. The molecule has 0 saturated carbocycles. The van der Waals surface area contributed by atoms with Crippen molar-refractivity contribution in [3.05, 3.63) is 82.6 Å². The highest BCUT2D eigenvalue weighted by Crippen LogP contribution is 2.21. The first-order valence-corrected chi connectivity index (χ1v) is 8.09. The summed E-state index contributed by atoms with van der Waals surface area (Å²) in [5.41, 5.74) is 4.55. The van der Waals surface area contributed by atoms with Crippen LogP contribution in [-0.4, -0.2) is 9.67 Å². The minimum atomic E-state index is 0.210. The molecule has 0 aliphatic rings. The van der Waals surface area contributed by atoms with Crippen molar-refractivity contribution >= 4 is 12.2 Å². The number of hydrogen-bond acceptors (Lipinski definition) is 2. The quantitative estimate of drug-likeness (QED) is 0.673. The first-order chi connectivity index (χ1) is 11.1. The summed E-state index contributed by atoms with van der Waals surface area (Å²) in [7, 11) is 0. The predicted molar refractivity (Wildman–Crippen MR) is 97.2 cm³/mol. The van der Waals surface area contributed by atoms with Crippen LogP contribution in [0.4, 0.5) is 0 Å². The largest absolute Gasteiger partial charge is 0.505 e. The third-order valence-corrected chi connectivity index (χ3v) is 4.44. The Morgan fingerprint density at radius 1 is 0.913 bits per heavy atom. The molecule has 3 rings (SSSR count). The van der Waals surface area contributed by atoms with Gasteiger partial charge < -0.3 is 9.67 Å². The van der Waals surface area contributed by atoms with E-state index in [-0.39, 0.29) is 5.75 Å². The molecule has 23 heavy (non-hydrogen) atoms. The average Bonchev–Trinajstić information content (AvgIpc) is 2.60. The molecule has 1 aromatic heterocycles. The second-order valence-electron chi connectivity index (χ2n) is 5.62. The molecule has 2 nitrogen and oxygen atoms in total. The van der Waals surface area contributed by atoms with E-state index in [9.17, 15) is 5.11 Å². The van der Waals surface area contributed by atoms with Crippen molar-refractivity contribution in [1.82, 2.24) is 4.57 Å². The number of aromatic nitrogens is 1. The smallest absolute Gasteiger partial charge is 0.152 e. The van der Waals surface area contributed by atoms with Crippen LogP contribution in [0, 0.1) is 11.4 Å². The predicted octanol–water partition coefficient (Wildman–Crippen LogP) is 5.14. The molecule has 0 bridgehead atoms. The molecule has 3 heteroatoms. The van der Waals surface area contributed by atoms with E-state index in [1.54, 1.807) is 6.07 Å². The lowest BCUT2D eigenvalue weighted by molar-refractivity contribution is 0.456. The molecule has 0 unspecified atom stereocenters. The number of aromatic hydroxyl groups is 1. The molecule has 0 atom stereocenters. The summed E-state index contributed by atoms with van der Waals surface area (Å²) >= 11 is 5.08. The van der Waals surface area contributed by atoms with Gasteiger partial charge in [-0.15, -0.1) is 0 Å². The zero-order chi connectivity index (χ0) is 16.2. The third-order valence-electron chi connectivity index (χ3n) is 4.12. The zero-order valence-corrected chi connectivity index (χ0v) is 13.9. The molecule has 0 spiro atoms. The minimum absolute atomic E-state index is 0.210. The second-order valence-corrected chi connectivity index (χ2v) is 6.06. The fourth-order valence-corrected chi connectivity index (χ4v) is 2.86. The maximum atomic E-state index is 9.92. The highest BCUT2D eigenvalue weighted by atomic mass is 32.1. The molecule has 0 fully saturated rings. The zero-order valence-electron chi connectivity index (χ0n) is 13.1. The lowest BCUT2D eigenvalue weighted by atomic mass is 10.0. The van der Waals surface area contributed by atoms with E-state index in [1.807, 2.05) is 23.8 Å². The molecule has 1 heterocycles. The van der Waals surface area contributed by atoms with Gasteiger partial charge in [0.25, 0.3) is 0 Å². The monoisotopic (exact) mass is 321 g/mol. The molecule has 0 radical (unpaired) electrons. The molecule has 3 aromatic rings. The van der Waals surface area contributed by atoms with E-state index in [1.165, 1.54) is 16.7 Å². The van der Waals surface area contributed by atoms with Gasteiger partial charge in [0.1, 0.15) is 0 Å². The van der Waals surface area contributed by atoms with Crippen LogP contribution in [0.25, 0.3) is 11.1 Å². The maximum absolute atomic E-state index is 9.92. The van der Waals surface area contributed by atoms with Gasteiger partial charge in [-0.3, -0.25) is 0 Å². The molecule has 2 aromatic carbocycles. The van der Waals surface area contributed by atoms with Crippen molar-refractivity contribution in [1.29, 1.82) is 0 Å². The van der Waals surface area contributed by atoms with E-state index in [0.29, 0.717) is 4.51 Å². The van der Waals surface area contributed by atoms with Crippen molar-refractivity contribution in [2.75, 3.05) is 0 Å². The summed E-state index contributed by atoms with van der Waals surface area (Å²) < 4.78 is 2.54. The van der Waals surface area contributed by atoms with Crippen molar-refractivity contribution in [2.24, 2.45) is 0 Å². The summed E-state index contributed by atoms with van der Waals surface area (Å²) in [6.07, 6.45) is 2.85. The number of benzene rings is 2. The molecule has 1 N–H and O–H groups in total. The Hall–Kier alpha value is -2.39. The number of nitrogens with zero attached hydrogens (tertiary/aromatic N) is 1. The Labute approximate surface area is 141 Å². The Balaban J connectivity index is 1.72.